The van der Waals surface area contributed by atoms with Crippen LogP contribution in [0.1, 0.15) is 61.1 Å². The molecule has 4 heterocycles. The molecule has 1 amide bonds. The number of aromatic nitrogens is 2. The second kappa shape index (κ2) is 11.4. The van der Waals surface area contributed by atoms with Crippen LogP contribution in [0.5, 0.6) is 0 Å². The Labute approximate surface area is 240 Å². The van der Waals surface area contributed by atoms with Gasteiger partial charge in [-0.15, -0.1) is 0 Å². The van der Waals surface area contributed by atoms with Crippen LogP contribution in [0.15, 0.2) is 35.8 Å². The summed E-state index contributed by atoms with van der Waals surface area (Å²) in [7, 11) is -3.60. The number of likely N-dealkylation sites (tertiary alicyclic amines) is 3. The van der Waals surface area contributed by atoms with Crippen molar-refractivity contribution < 1.29 is 13.2 Å². The third-order valence-electron chi connectivity index (χ3n) is 7.75. The highest BCUT2D eigenvalue weighted by atomic mass is 35.5. The highest BCUT2D eigenvalue weighted by molar-refractivity contribution is 7.92. The van der Waals surface area contributed by atoms with E-state index in [9.17, 15) is 13.2 Å². The number of hydrogen-bond donors (Lipinski definition) is 2. The average molecular weight is 589 g/mol. The molecule has 40 heavy (non-hydrogen) atoms. The van der Waals surface area contributed by atoms with E-state index >= 15 is 0 Å². The number of sulfonamides is 1. The Morgan fingerprint density at radius 3 is 2.55 bits per heavy atom. The quantitative estimate of drug-likeness (QED) is 0.374. The van der Waals surface area contributed by atoms with E-state index in [0.717, 1.165) is 57.4 Å². The number of nitrogens with two attached hydrogens (primary N) is 1. The molecule has 0 saturated carbocycles. The molecule has 3 aliphatic rings. The molecule has 3 fully saturated rings. The summed E-state index contributed by atoms with van der Waals surface area (Å²) < 4.78 is 28.2. The number of aliphatic imine (C=N–C) groups is 1. The predicted octanol–water partition coefficient (Wildman–Crippen LogP) is 3.49. The number of benzene rings is 1. The number of amides is 1. The van der Waals surface area contributed by atoms with Crippen LogP contribution in [-0.2, 0) is 10.0 Å². The summed E-state index contributed by atoms with van der Waals surface area (Å²) in [6, 6.07) is 6.28. The van der Waals surface area contributed by atoms with Crippen LogP contribution in [0.4, 0.5) is 11.5 Å². The smallest absolute Gasteiger partial charge is 0.256 e. The van der Waals surface area contributed by atoms with Crippen LogP contribution in [0.3, 0.4) is 0 Å². The standard InChI is InChI=1S/C27H37ClN8O3S/c1-18(33-11-6-12-33)30-26-16-24(31-36(26)19(2)34-14-10-21(29)17-34)25-7-4-5-13-35(25)27(37)22-15-20(28)8-9-23(22)32-40(3,38)39/h8-9,15-16,21,25,32H,2,4-7,10-14,17,29H2,1,3H3/t21-,25+/m1/s1. The van der Waals surface area contributed by atoms with Gasteiger partial charge < -0.3 is 20.4 Å². The molecule has 0 spiro atoms. The van der Waals surface area contributed by atoms with Gasteiger partial charge in [-0.25, -0.2) is 13.4 Å². The molecule has 2 atom stereocenters. The summed E-state index contributed by atoms with van der Waals surface area (Å²) in [6.45, 7) is 10.3. The van der Waals surface area contributed by atoms with Gasteiger partial charge in [0.05, 0.1) is 29.2 Å². The number of amidine groups is 1. The molecule has 3 aliphatic heterocycles. The van der Waals surface area contributed by atoms with Gasteiger partial charge in [-0.05, 0) is 57.2 Å². The third kappa shape index (κ3) is 6.13. The number of anilines is 1. The Hall–Kier alpha value is -3.09. The molecule has 1 aromatic heterocycles. The van der Waals surface area contributed by atoms with Crippen molar-refractivity contribution in [3.05, 3.63) is 47.1 Å². The van der Waals surface area contributed by atoms with Crippen molar-refractivity contribution in [3.8, 4) is 0 Å². The summed E-state index contributed by atoms with van der Waals surface area (Å²) in [5, 5.41) is 5.31. The molecule has 0 bridgehead atoms. The fourth-order valence-electron chi connectivity index (χ4n) is 5.47. The number of hydrogen-bond acceptors (Lipinski definition) is 7. The van der Waals surface area contributed by atoms with Crippen molar-refractivity contribution in [3.63, 3.8) is 0 Å². The highest BCUT2D eigenvalue weighted by Gasteiger charge is 2.33. The summed E-state index contributed by atoms with van der Waals surface area (Å²) in [5.41, 5.74) is 7.28. The minimum Gasteiger partial charge on any atom is -0.360 e. The topological polar surface area (TPSA) is 129 Å². The van der Waals surface area contributed by atoms with Gasteiger partial charge in [-0.1, -0.05) is 18.2 Å². The Kier molecular flexibility index (Phi) is 8.12. The molecule has 5 rings (SSSR count). The van der Waals surface area contributed by atoms with E-state index in [1.165, 1.54) is 12.1 Å². The lowest BCUT2D eigenvalue weighted by Crippen LogP contribution is -2.40. The van der Waals surface area contributed by atoms with Crippen molar-refractivity contribution in [1.82, 2.24) is 24.5 Å². The number of piperidine rings is 1. The first-order chi connectivity index (χ1) is 19.0. The van der Waals surface area contributed by atoms with Gasteiger partial charge in [0.1, 0.15) is 11.7 Å². The fraction of sp³-hybridized carbons (Fsp3) is 0.519. The molecule has 3 saturated heterocycles. The van der Waals surface area contributed by atoms with E-state index in [4.69, 9.17) is 27.4 Å². The lowest BCUT2D eigenvalue weighted by molar-refractivity contribution is 0.0606. The van der Waals surface area contributed by atoms with Crippen LogP contribution in [0.25, 0.3) is 5.82 Å². The lowest BCUT2D eigenvalue weighted by atomic mass is 9.98. The molecule has 13 heteroatoms. The number of nitrogens with one attached hydrogen (secondary N) is 1. The number of carbonyl (C=O) groups excluding carboxylic acids is 1. The largest absolute Gasteiger partial charge is 0.360 e. The van der Waals surface area contributed by atoms with E-state index in [2.05, 4.69) is 21.1 Å². The number of nitrogens with zero attached hydrogens (tertiary/aromatic N) is 6. The molecule has 11 nitrogen and oxygen atoms in total. The lowest BCUT2D eigenvalue weighted by Gasteiger charge is -2.35. The molecule has 0 unspecified atom stereocenters. The zero-order chi connectivity index (χ0) is 28.6. The van der Waals surface area contributed by atoms with Gasteiger partial charge in [0.25, 0.3) is 5.91 Å². The maximum atomic E-state index is 14.0. The Morgan fingerprint density at radius 2 is 1.90 bits per heavy atom. The predicted molar refractivity (Wildman–Crippen MR) is 158 cm³/mol. The average Bonchev–Trinajstić information content (AvgIpc) is 3.49. The second-order valence-electron chi connectivity index (χ2n) is 10.8. The van der Waals surface area contributed by atoms with Gasteiger partial charge in [0.15, 0.2) is 5.82 Å². The van der Waals surface area contributed by atoms with Gasteiger partial charge in [-0.3, -0.25) is 9.52 Å². The van der Waals surface area contributed by atoms with Gasteiger partial charge in [0, 0.05) is 49.9 Å². The molecular weight excluding hydrogens is 552 g/mol. The first-order valence-electron chi connectivity index (χ1n) is 13.7. The van der Waals surface area contributed by atoms with E-state index < -0.39 is 10.0 Å². The van der Waals surface area contributed by atoms with Crippen molar-refractivity contribution in [2.45, 2.75) is 51.1 Å². The van der Waals surface area contributed by atoms with Crippen LogP contribution in [-0.4, -0.2) is 89.7 Å². The maximum Gasteiger partial charge on any atom is 0.256 e. The van der Waals surface area contributed by atoms with Crippen LogP contribution in [0.2, 0.25) is 5.02 Å². The molecular formula is C27H37ClN8O3S. The summed E-state index contributed by atoms with van der Waals surface area (Å²) in [5.74, 6) is 1.97. The van der Waals surface area contributed by atoms with E-state index in [1.807, 2.05) is 13.0 Å². The minimum absolute atomic E-state index is 0.0838. The zero-order valence-electron chi connectivity index (χ0n) is 23.0. The monoisotopic (exact) mass is 588 g/mol. The fourth-order valence-corrected chi connectivity index (χ4v) is 6.22. The first kappa shape index (κ1) is 28.4. The maximum absolute atomic E-state index is 14.0. The number of carbonyl (C=O) groups is 1. The molecule has 3 N–H and O–H groups in total. The van der Waals surface area contributed by atoms with E-state index in [0.29, 0.717) is 41.9 Å². The van der Waals surface area contributed by atoms with Crippen molar-refractivity contribution in [2.75, 3.05) is 43.7 Å². The molecule has 1 aromatic carbocycles. The van der Waals surface area contributed by atoms with Gasteiger partial charge in [-0.2, -0.15) is 9.78 Å². The zero-order valence-corrected chi connectivity index (χ0v) is 24.6. The molecule has 2 aromatic rings. The first-order valence-corrected chi connectivity index (χ1v) is 16.0. The highest BCUT2D eigenvalue weighted by Crippen LogP contribution is 2.36. The molecule has 216 valence electrons. The van der Waals surface area contributed by atoms with E-state index in [-0.39, 0.29) is 29.2 Å². The van der Waals surface area contributed by atoms with Crippen LogP contribution < -0.4 is 10.5 Å². The Bertz CT molecular complexity index is 1440. The van der Waals surface area contributed by atoms with Gasteiger partial charge >= 0.3 is 0 Å². The van der Waals surface area contributed by atoms with Crippen LogP contribution >= 0.6 is 11.6 Å². The number of halogens is 1. The van der Waals surface area contributed by atoms with Crippen molar-refractivity contribution >= 4 is 50.7 Å². The normalized spacial score (nSPS) is 21.9. The third-order valence-corrected chi connectivity index (χ3v) is 8.57. The molecule has 0 radical (unpaired) electrons. The second-order valence-corrected chi connectivity index (χ2v) is 13.0. The molecule has 0 aliphatic carbocycles. The van der Waals surface area contributed by atoms with E-state index in [1.54, 1.807) is 15.6 Å². The van der Waals surface area contributed by atoms with Crippen molar-refractivity contribution in [2.24, 2.45) is 10.7 Å². The van der Waals surface area contributed by atoms with Gasteiger partial charge in [0.2, 0.25) is 10.0 Å². The van der Waals surface area contributed by atoms with Crippen molar-refractivity contribution in [1.29, 1.82) is 0 Å². The summed E-state index contributed by atoms with van der Waals surface area (Å²) >= 11 is 6.24. The minimum atomic E-state index is -3.60. The van der Waals surface area contributed by atoms with Crippen LogP contribution in [0, 0.1) is 0 Å². The Morgan fingerprint density at radius 1 is 1.12 bits per heavy atom. The summed E-state index contributed by atoms with van der Waals surface area (Å²) in [6.07, 6.45) is 5.56. The summed E-state index contributed by atoms with van der Waals surface area (Å²) in [4.78, 5) is 25.0. The number of rotatable bonds is 7. The Balaban J connectivity index is 1.51. The SMILES string of the molecule is C=C(N1CC[C@@H](N)C1)n1nc([C@@H]2CCCCN2C(=O)c2cc(Cl)ccc2NS(C)(=O)=O)cc1N=C(C)N1CCC1.